The van der Waals surface area contributed by atoms with Gasteiger partial charge in [0, 0.05) is 30.9 Å². The van der Waals surface area contributed by atoms with Gasteiger partial charge in [-0.25, -0.2) is 14.6 Å². The Bertz CT molecular complexity index is 1360. The molecule has 4 aliphatic rings. The second kappa shape index (κ2) is 9.65. The fourth-order valence-corrected chi connectivity index (χ4v) is 4.89. The number of rotatable bonds is 6. The maximum atomic E-state index is 12.8. The predicted molar refractivity (Wildman–Crippen MR) is 132 cm³/mol. The van der Waals surface area contributed by atoms with E-state index in [1.807, 2.05) is 11.0 Å². The largest absolute Gasteiger partial charge is 0.491 e. The zero-order valence-corrected chi connectivity index (χ0v) is 20.5. The lowest BCUT2D eigenvalue weighted by Crippen LogP contribution is -2.47. The summed E-state index contributed by atoms with van der Waals surface area (Å²) in [6, 6.07) is 6.34. The van der Waals surface area contributed by atoms with Crippen LogP contribution in [0.4, 0.5) is 10.5 Å². The lowest BCUT2D eigenvalue weighted by molar-refractivity contribution is -0.150. The van der Waals surface area contributed by atoms with Crippen LogP contribution in [-0.4, -0.2) is 96.7 Å². The monoisotopic (exact) mass is 520 g/mol. The number of nitrogens with one attached hydrogen (secondary N) is 1. The Balaban J connectivity index is 1.16. The molecule has 2 atom stereocenters. The van der Waals surface area contributed by atoms with Crippen molar-refractivity contribution < 1.29 is 33.3 Å². The van der Waals surface area contributed by atoms with Gasteiger partial charge in [-0.15, -0.1) is 0 Å². The van der Waals surface area contributed by atoms with Crippen molar-refractivity contribution in [3.63, 3.8) is 0 Å². The number of methoxy groups -OCH3 is 1. The van der Waals surface area contributed by atoms with Gasteiger partial charge in [0.15, 0.2) is 11.5 Å². The maximum Gasteiger partial charge on any atom is 0.410 e. The van der Waals surface area contributed by atoms with E-state index in [-0.39, 0.29) is 25.2 Å². The van der Waals surface area contributed by atoms with Gasteiger partial charge in [-0.3, -0.25) is 29.9 Å². The number of amidine groups is 1. The molecule has 4 aliphatic heterocycles. The number of pyridine rings is 1. The molecule has 196 valence electrons. The van der Waals surface area contributed by atoms with E-state index in [9.17, 15) is 14.4 Å². The van der Waals surface area contributed by atoms with Crippen molar-refractivity contribution in [1.29, 1.82) is 0 Å². The molecule has 6 rings (SSSR count). The van der Waals surface area contributed by atoms with Gasteiger partial charge in [-0.2, -0.15) is 0 Å². The first-order chi connectivity index (χ1) is 18.5. The summed E-state index contributed by atoms with van der Waals surface area (Å²) >= 11 is 0. The number of hydrogen-bond donors (Lipinski definition) is 1. The number of guanidine groups is 1. The Kier molecular flexibility index (Phi) is 6.02. The molecule has 1 N–H and O–H groups in total. The lowest BCUT2D eigenvalue weighted by Gasteiger charge is -2.28. The molecule has 1 unspecified atom stereocenters. The van der Waals surface area contributed by atoms with E-state index in [0.717, 1.165) is 5.56 Å². The van der Waals surface area contributed by atoms with Gasteiger partial charge in [-0.1, -0.05) is 0 Å². The molecule has 1 aromatic heterocycles. The van der Waals surface area contributed by atoms with Crippen LogP contribution >= 0.6 is 0 Å². The van der Waals surface area contributed by atoms with E-state index in [1.165, 1.54) is 18.2 Å². The number of amides is 2. The topological polar surface area (TPSA) is 144 Å². The van der Waals surface area contributed by atoms with E-state index in [4.69, 9.17) is 23.9 Å². The molecule has 0 aliphatic carbocycles. The van der Waals surface area contributed by atoms with Gasteiger partial charge in [0.2, 0.25) is 5.96 Å². The summed E-state index contributed by atoms with van der Waals surface area (Å²) in [7, 11) is 1.50. The number of esters is 1. The van der Waals surface area contributed by atoms with Crippen LogP contribution in [0, 0.1) is 0 Å². The second-order valence-corrected chi connectivity index (χ2v) is 8.91. The molecule has 2 amide bonds. The van der Waals surface area contributed by atoms with E-state index >= 15 is 0 Å². The standard InChI is InChI=1S/C25H24N6O7/c1-35-20-18(36-9-10-37-25(34)31-13-15-11-17(31)23(33)38-15)5-4-16-19(20)28-24(30-8-7-27-21(16)30)29-22(32)14-3-2-6-26-12-14/h2-6,12,15,17H,7-11,13H2,1H3,(H,28,29,32)/t15?,17-/m1/s1. The van der Waals surface area contributed by atoms with Crippen LogP contribution in [0.5, 0.6) is 11.5 Å². The summed E-state index contributed by atoms with van der Waals surface area (Å²) < 4.78 is 21.9. The highest BCUT2D eigenvalue weighted by atomic mass is 16.6. The molecule has 5 heterocycles. The average Bonchev–Trinajstić information content (AvgIpc) is 3.67. The summed E-state index contributed by atoms with van der Waals surface area (Å²) in [5.74, 6) is 1.00. The minimum Gasteiger partial charge on any atom is -0.491 e. The van der Waals surface area contributed by atoms with Crippen molar-refractivity contribution in [3.05, 3.63) is 47.8 Å². The van der Waals surface area contributed by atoms with Gasteiger partial charge < -0.3 is 18.9 Å². The number of aliphatic imine (C=N–C) groups is 2. The van der Waals surface area contributed by atoms with Crippen LogP contribution in [-0.2, 0) is 14.3 Å². The smallest absolute Gasteiger partial charge is 0.410 e. The highest BCUT2D eigenvalue weighted by Gasteiger charge is 2.49. The third-order valence-electron chi connectivity index (χ3n) is 6.62. The number of fused-ring (bicyclic) bond motifs is 5. The third kappa shape index (κ3) is 4.15. The van der Waals surface area contributed by atoms with Crippen molar-refractivity contribution in [2.75, 3.05) is 40.0 Å². The number of aromatic nitrogens is 1. The molecule has 0 radical (unpaired) electrons. The van der Waals surface area contributed by atoms with E-state index in [0.29, 0.717) is 60.6 Å². The Morgan fingerprint density at radius 2 is 2.13 bits per heavy atom. The number of ether oxygens (including phenoxy) is 4. The molecule has 13 heteroatoms. The molecule has 2 bridgehead atoms. The maximum absolute atomic E-state index is 12.8. The van der Waals surface area contributed by atoms with E-state index < -0.39 is 18.1 Å². The minimum atomic E-state index is -0.576. The van der Waals surface area contributed by atoms with Crippen LogP contribution in [0.2, 0.25) is 0 Å². The summed E-state index contributed by atoms with van der Waals surface area (Å²) in [4.78, 5) is 53.4. The van der Waals surface area contributed by atoms with Crippen LogP contribution in [0.15, 0.2) is 46.6 Å². The van der Waals surface area contributed by atoms with Crippen LogP contribution in [0.1, 0.15) is 22.3 Å². The predicted octanol–water partition coefficient (Wildman–Crippen LogP) is 1.10. The summed E-state index contributed by atoms with van der Waals surface area (Å²) in [6.45, 7) is 1.49. The molecule has 2 fully saturated rings. The fourth-order valence-electron chi connectivity index (χ4n) is 4.89. The number of benzene rings is 1. The third-order valence-corrected chi connectivity index (χ3v) is 6.62. The van der Waals surface area contributed by atoms with Gasteiger partial charge in [-0.05, 0) is 24.3 Å². The molecule has 0 spiro atoms. The number of nitrogens with zero attached hydrogens (tertiary/aromatic N) is 5. The Morgan fingerprint density at radius 3 is 2.89 bits per heavy atom. The first-order valence-corrected chi connectivity index (χ1v) is 12.1. The lowest BCUT2D eigenvalue weighted by atomic mass is 10.1. The molecule has 38 heavy (non-hydrogen) atoms. The quantitative estimate of drug-likeness (QED) is 0.437. The van der Waals surface area contributed by atoms with Crippen molar-refractivity contribution in [1.82, 2.24) is 20.1 Å². The average molecular weight is 521 g/mol. The Labute approximate surface area is 217 Å². The van der Waals surface area contributed by atoms with Crippen molar-refractivity contribution in [2.24, 2.45) is 9.98 Å². The fraction of sp³-hybridized carbons (Fsp3) is 0.360. The zero-order chi connectivity index (χ0) is 26.2. The van der Waals surface area contributed by atoms with Gasteiger partial charge in [0.05, 0.1) is 25.8 Å². The summed E-state index contributed by atoms with van der Waals surface area (Å²) in [6.07, 6.45) is 2.75. The number of likely N-dealkylation sites (tertiary alicyclic amines) is 1. The highest BCUT2D eigenvalue weighted by molar-refractivity contribution is 6.20. The van der Waals surface area contributed by atoms with Gasteiger partial charge >= 0.3 is 12.1 Å². The number of carbonyl (C=O) groups is 3. The van der Waals surface area contributed by atoms with Crippen LogP contribution < -0.4 is 14.8 Å². The Hall–Kier alpha value is -4.68. The Morgan fingerprint density at radius 1 is 1.24 bits per heavy atom. The number of morpholine rings is 1. The van der Waals surface area contributed by atoms with Crippen LogP contribution in [0.25, 0.3) is 0 Å². The molecule has 2 saturated heterocycles. The van der Waals surface area contributed by atoms with Crippen molar-refractivity contribution in [3.8, 4) is 11.5 Å². The SMILES string of the molecule is COc1c(OCCOC(=O)N2CC3C[C@@H]2C(=O)O3)ccc2c1N=C(NC(=O)c1cccnc1)N1CCN=C21. The highest BCUT2D eigenvalue weighted by Crippen LogP contribution is 2.43. The summed E-state index contributed by atoms with van der Waals surface area (Å²) in [5.41, 5.74) is 1.61. The van der Waals surface area contributed by atoms with Crippen molar-refractivity contribution >= 4 is 35.5 Å². The molecule has 0 saturated carbocycles. The molecule has 2 aromatic rings. The number of hydrogen-bond acceptors (Lipinski definition) is 11. The first kappa shape index (κ1) is 23.7. The molecule has 13 nitrogen and oxygen atoms in total. The van der Waals surface area contributed by atoms with E-state index in [1.54, 1.807) is 24.4 Å². The summed E-state index contributed by atoms with van der Waals surface area (Å²) in [5, 5.41) is 2.85. The second-order valence-electron chi connectivity index (χ2n) is 8.91. The molecular formula is C25H24N6O7. The zero-order valence-electron chi connectivity index (χ0n) is 20.5. The van der Waals surface area contributed by atoms with Crippen molar-refractivity contribution in [2.45, 2.75) is 18.6 Å². The normalized spacial score (nSPS) is 20.7. The van der Waals surface area contributed by atoms with Gasteiger partial charge in [0.25, 0.3) is 5.91 Å². The van der Waals surface area contributed by atoms with E-state index in [2.05, 4.69) is 15.3 Å². The minimum absolute atomic E-state index is 0.0296. The number of carbonyl (C=O) groups excluding carboxylic acids is 3. The van der Waals surface area contributed by atoms with Gasteiger partial charge in [0.1, 0.15) is 36.9 Å². The van der Waals surface area contributed by atoms with Crippen LogP contribution in [0.3, 0.4) is 0 Å². The molecular weight excluding hydrogens is 496 g/mol. The molecule has 1 aromatic carbocycles. The first-order valence-electron chi connectivity index (χ1n) is 12.1.